The Balaban J connectivity index is 1.33. The third-order valence-corrected chi connectivity index (χ3v) is 9.49. The van der Waals surface area contributed by atoms with E-state index in [2.05, 4.69) is 36.3 Å². The second-order valence-electron chi connectivity index (χ2n) is 10.9. The minimum absolute atomic E-state index is 0.0253. The zero-order valence-corrected chi connectivity index (χ0v) is 19.6. The van der Waals surface area contributed by atoms with Crippen LogP contribution < -0.4 is 0 Å². The number of fused-ring (bicyclic) bond motifs is 5. The van der Waals surface area contributed by atoms with Gasteiger partial charge in [-0.15, -0.1) is 0 Å². The van der Waals surface area contributed by atoms with Crippen LogP contribution in [0.5, 0.6) is 0 Å². The number of amides is 1. The van der Waals surface area contributed by atoms with Crippen molar-refractivity contribution in [3.8, 4) is 0 Å². The molecule has 1 N–H and O–H groups in total. The van der Waals surface area contributed by atoms with Gasteiger partial charge in [0.25, 0.3) is 0 Å². The van der Waals surface area contributed by atoms with E-state index >= 15 is 0 Å². The number of rotatable bonds is 4. The van der Waals surface area contributed by atoms with Crippen LogP contribution in [0.2, 0.25) is 0 Å². The van der Waals surface area contributed by atoms with Gasteiger partial charge in [0.1, 0.15) is 0 Å². The lowest BCUT2D eigenvalue weighted by molar-refractivity contribution is -0.134. The number of nitrogens with zero attached hydrogens (tertiary/aromatic N) is 2. The van der Waals surface area contributed by atoms with Gasteiger partial charge in [-0.05, 0) is 86.2 Å². The first-order chi connectivity index (χ1) is 15.5. The van der Waals surface area contributed by atoms with Crippen LogP contribution >= 0.6 is 0 Å². The number of ether oxygens (including phenoxy) is 1. The van der Waals surface area contributed by atoms with Crippen molar-refractivity contribution in [1.29, 1.82) is 0 Å². The maximum absolute atomic E-state index is 13.0. The molecule has 2 saturated carbocycles. The molecule has 0 aromatic heterocycles. The zero-order valence-electron chi connectivity index (χ0n) is 19.6. The molecular formula is C27H38N2O3. The molecule has 5 atom stereocenters. The van der Waals surface area contributed by atoms with E-state index in [0.717, 1.165) is 57.5 Å². The summed E-state index contributed by atoms with van der Waals surface area (Å²) in [5, 5.41) is 13.7. The molecule has 1 heterocycles. The normalized spacial score (nSPS) is 35.8. The molecule has 3 aliphatic carbocycles. The van der Waals surface area contributed by atoms with Crippen LogP contribution in [0.25, 0.3) is 0 Å². The summed E-state index contributed by atoms with van der Waals surface area (Å²) in [7, 11) is 1.96. The van der Waals surface area contributed by atoms with Gasteiger partial charge in [-0.1, -0.05) is 36.3 Å². The van der Waals surface area contributed by atoms with Crippen LogP contribution in [0.4, 0.5) is 0 Å². The Morgan fingerprint density at radius 2 is 2.00 bits per heavy atom. The Labute approximate surface area is 192 Å². The number of carbonyl (C=O) groups excluding carboxylic acids is 1. The SMILES string of the molecule is CN(C(=O)CC[C@@H]1C/C(=N\O)[C@@]2(C)CCC3c4ccccc4CCC3C12)C1CCOCC1. The summed E-state index contributed by atoms with van der Waals surface area (Å²) in [6.07, 6.45) is 8.84. The first-order valence-electron chi connectivity index (χ1n) is 12.7. The molecule has 1 saturated heterocycles. The molecule has 1 aliphatic heterocycles. The highest BCUT2D eigenvalue weighted by molar-refractivity contribution is 5.92. The molecule has 3 fully saturated rings. The summed E-state index contributed by atoms with van der Waals surface area (Å²) in [6.45, 7) is 3.85. The van der Waals surface area contributed by atoms with E-state index in [1.165, 1.54) is 18.4 Å². The van der Waals surface area contributed by atoms with Crippen molar-refractivity contribution in [2.75, 3.05) is 20.3 Å². The van der Waals surface area contributed by atoms with Crippen molar-refractivity contribution in [3.63, 3.8) is 0 Å². The van der Waals surface area contributed by atoms with Gasteiger partial charge in [0, 0.05) is 38.1 Å². The topological polar surface area (TPSA) is 62.1 Å². The average Bonchev–Trinajstić information content (AvgIpc) is 3.14. The highest BCUT2D eigenvalue weighted by Gasteiger charge is 2.57. The molecule has 5 rings (SSSR count). The standard InChI is InChI=1S/C27H38N2O3/c1-27-14-11-22-21-6-4-3-5-18(21)7-9-23(22)26(27)19(17-24(27)28-31)8-10-25(30)29(2)20-12-15-32-16-13-20/h3-6,19-20,22-23,26,31H,7-17H2,1-2H3/b28-24+/t19-,22?,23?,26?,27-/m1/s1. The average molecular weight is 439 g/mol. The molecule has 5 heteroatoms. The fraction of sp³-hybridized carbons (Fsp3) is 0.704. The van der Waals surface area contributed by atoms with Gasteiger partial charge < -0.3 is 14.8 Å². The maximum atomic E-state index is 13.0. The van der Waals surface area contributed by atoms with Crippen LogP contribution in [0.15, 0.2) is 29.4 Å². The third-order valence-electron chi connectivity index (χ3n) is 9.49. The molecule has 4 aliphatic rings. The molecule has 0 spiro atoms. The molecule has 1 amide bonds. The fourth-order valence-corrected chi connectivity index (χ4v) is 7.78. The monoisotopic (exact) mass is 438 g/mol. The summed E-state index contributed by atoms with van der Waals surface area (Å²) >= 11 is 0. The van der Waals surface area contributed by atoms with E-state index in [9.17, 15) is 10.0 Å². The molecule has 0 radical (unpaired) electrons. The molecule has 32 heavy (non-hydrogen) atoms. The van der Waals surface area contributed by atoms with Crippen LogP contribution in [0, 0.1) is 23.2 Å². The lowest BCUT2D eigenvalue weighted by Crippen LogP contribution is -2.44. The fourth-order valence-electron chi connectivity index (χ4n) is 7.78. The number of carbonyl (C=O) groups is 1. The van der Waals surface area contributed by atoms with E-state index in [1.807, 2.05) is 11.9 Å². The van der Waals surface area contributed by atoms with Crippen molar-refractivity contribution in [3.05, 3.63) is 35.4 Å². The van der Waals surface area contributed by atoms with Crippen molar-refractivity contribution >= 4 is 11.6 Å². The smallest absolute Gasteiger partial charge is 0.222 e. The van der Waals surface area contributed by atoms with Crippen LogP contribution in [0.3, 0.4) is 0 Å². The minimum Gasteiger partial charge on any atom is -0.411 e. The summed E-state index contributed by atoms with van der Waals surface area (Å²) < 4.78 is 5.47. The second kappa shape index (κ2) is 8.81. The molecule has 1 aromatic rings. The van der Waals surface area contributed by atoms with Crippen molar-refractivity contribution in [2.24, 2.45) is 28.3 Å². The molecule has 3 unspecified atom stereocenters. The molecule has 0 bridgehead atoms. The van der Waals surface area contributed by atoms with Gasteiger partial charge >= 0.3 is 0 Å². The number of oxime groups is 1. The van der Waals surface area contributed by atoms with Crippen molar-refractivity contribution in [2.45, 2.75) is 76.7 Å². The Bertz CT molecular complexity index is 877. The lowest BCUT2D eigenvalue weighted by atomic mass is 9.54. The van der Waals surface area contributed by atoms with Gasteiger partial charge in [-0.3, -0.25) is 4.79 Å². The Morgan fingerprint density at radius 3 is 2.78 bits per heavy atom. The van der Waals surface area contributed by atoms with E-state index in [4.69, 9.17) is 4.74 Å². The first-order valence-corrected chi connectivity index (χ1v) is 12.7. The van der Waals surface area contributed by atoms with Crippen LogP contribution in [-0.2, 0) is 16.0 Å². The Kier molecular flexibility index (Phi) is 6.04. The Hall–Kier alpha value is -1.88. The van der Waals surface area contributed by atoms with Gasteiger partial charge in [-0.2, -0.15) is 0 Å². The van der Waals surface area contributed by atoms with E-state index in [-0.39, 0.29) is 11.3 Å². The maximum Gasteiger partial charge on any atom is 0.222 e. The highest BCUT2D eigenvalue weighted by atomic mass is 16.5. The molecule has 1 aromatic carbocycles. The predicted octanol–water partition coefficient (Wildman–Crippen LogP) is 5.02. The molecular weight excluding hydrogens is 400 g/mol. The van der Waals surface area contributed by atoms with Crippen LogP contribution in [0.1, 0.15) is 75.3 Å². The molecule has 174 valence electrons. The zero-order chi connectivity index (χ0) is 22.3. The largest absolute Gasteiger partial charge is 0.411 e. The van der Waals surface area contributed by atoms with Gasteiger partial charge in [-0.25, -0.2) is 0 Å². The minimum atomic E-state index is -0.0253. The van der Waals surface area contributed by atoms with Crippen LogP contribution in [-0.4, -0.2) is 48.0 Å². The Morgan fingerprint density at radius 1 is 1.22 bits per heavy atom. The summed E-state index contributed by atoms with van der Waals surface area (Å²) in [5.41, 5.74) is 4.03. The quantitative estimate of drug-likeness (QED) is 0.531. The number of aryl methyl sites for hydroxylation is 1. The first kappa shape index (κ1) is 21.9. The van der Waals surface area contributed by atoms with E-state index in [0.29, 0.717) is 36.1 Å². The van der Waals surface area contributed by atoms with Gasteiger partial charge in [0.2, 0.25) is 5.91 Å². The van der Waals surface area contributed by atoms with Crippen molar-refractivity contribution in [1.82, 2.24) is 4.90 Å². The van der Waals surface area contributed by atoms with Crippen molar-refractivity contribution < 1.29 is 14.7 Å². The van der Waals surface area contributed by atoms with Gasteiger partial charge in [0.15, 0.2) is 0 Å². The number of hydrogen-bond donors (Lipinski definition) is 1. The third kappa shape index (κ3) is 3.67. The number of hydrogen-bond acceptors (Lipinski definition) is 4. The summed E-state index contributed by atoms with van der Waals surface area (Å²) in [6, 6.07) is 9.31. The van der Waals surface area contributed by atoms with E-state index < -0.39 is 0 Å². The number of benzene rings is 1. The second-order valence-corrected chi connectivity index (χ2v) is 10.9. The highest BCUT2D eigenvalue weighted by Crippen LogP contribution is 2.62. The predicted molar refractivity (Wildman–Crippen MR) is 125 cm³/mol. The summed E-state index contributed by atoms with van der Waals surface area (Å²) in [5.74, 6) is 2.42. The van der Waals surface area contributed by atoms with E-state index in [1.54, 1.807) is 5.56 Å². The molecule has 5 nitrogen and oxygen atoms in total. The van der Waals surface area contributed by atoms with Gasteiger partial charge in [0.05, 0.1) is 5.71 Å². The summed E-state index contributed by atoms with van der Waals surface area (Å²) in [4.78, 5) is 15.0. The lowest BCUT2D eigenvalue weighted by Gasteiger charge is -2.50.